The van der Waals surface area contributed by atoms with Gasteiger partial charge in [-0.25, -0.2) is 4.79 Å². The minimum Gasteiger partial charge on any atom is -0.383 e. The van der Waals surface area contributed by atoms with E-state index in [2.05, 4.69) is 29.1 Å². The summed E-state index contributed by atoms with van der Waals surface area (Å²) in [6.45, 7) is 0.898. The van der Waals surface area contributed by atoms with Gasteiger partial charge in [0.15, 0.2) is 0 Å². The predicted molar refractivity (Wildman–Crippen MR) is 95.9 cm³/mol. The Kier molecular flexibility index (Phi) is 4.97. The molecule has 128 valence electrons. The van der Waals surface area contributed by atoms with Crippen LogP contribution in [0.25, 0.3) is 5.69 Å². The van der Waals surface area contributed by atoms with E-state index in [0.29, 0.717) is 12.1 Å². The number of nitrogens with zero attached hydrogens (tertiary/aromatic N) is 3. The molecule has 0 unspecified atom stereocenters. The average Bonchev–Trinajstić information content (AvgIpc) is 2.56. The van der Waals surface area contributed by atoms with Crippen molar-refractivity contribution in [3.63, 3.8) is 0 Å². The Hall–Kier alpha value is -2.18. The van der Waals surface area contributed by atoms with Crippen molar-refractivity contribution in [2.24, 2.45) is 5.73 Å². The molecule has 0 saturated heterocycles. The van der Waals surface area contributed by atoms with Crippen molar-refractivity contribution < 1.29 is 0 Å². The third kappa shape index (κ3) is 3.83. The van der Waals surface area contributed by atoms with Gasteiger partial charge in [-0.2, -0.15) is 4.98 Å². The van der Waals surface area contributed by atoms with Gasteiger partial charge < -0.3 is 11.5 Å². The number of nitrogen functional groups attached to an aromatic ring is 1. The summed E-state index contributed by atoms with van der Waals surface area (Å²) in [5.74, 6) is 0.238. The molecular weight excluding hydrogens is 302 g/mol. The van der Waals surface area contributed by atoms with E-state index in [-0.39, 0.29) is 11.5 Å². The van der Waals surface area contributed by atoms with Crippen LogP contribution in [0.2, 0.25) is 0 Å². The van der Waals surface area contributed by atoms with Crippen molar-refractivity contribution in [3.8, 4) is 5.69 Å². The van der Waals surface area contributed by atoms with Gasteiger partial charge in [-0.05, 0) is 56.5 Å². The van der Waals surface area contributed by atoms with E-state index in [4.69, 9.17) is 11.5 Å². The largest absolute Gasteiger partial charge is 0.383 e. The van der Waals surface area contributed by atoms with Gasteiger partial charge in [-0.15, -0.1) is 0 Å². The van der Waals surface area contributed by atoms with Gasteiger partial charge in [0.2, 0.25) is 0 Å². The average molecular weight is 327 g/mol. The van der Waals surface area contributed by atoms with Crippen molar-refractivity contribution >= 4 is 5.82 Å². The first kappa shape index (κ1) is 16.7. The van der Waals surface area contributed by atoms with Crippen LogP contribution in [0.3, 0.4) is 0 Å². The van der Waals surface area contributed by atoms with E-state index in [0.717, 1.165) is 25.1 Å². The van der Waals surface area contributed by atoms with Crippen molar-refractivity contribution in [1.82, 2.24) is 14.5 Å². The second-order valence-electron chi connectivity index (χ2n) is 6.66. The van der Waals surface area contributed by atoms with Crippen LogP contribution in [0.15, 0.2) is 41.3 Å². The number of hydrogen-bond donors (Lipinski definition) is 2. The topological polar surface area (TPSA) is 90.2 Å². The highest BCUT2D eigenvalue weighted by atomic mass is 16.1. The Morgan fingerprint density at radius 3 is 2.46 bits per heavy atom. The zero-order chi connectivity index (χ0) is 17.1. The SMILES string of the molecule is CN(Cc1ccc(-n2ccc(N)nc2=O)cc1)[C@H]1CC[C@H](N)CC1. The van der Waals surface area contributed by atoms with Crippen molar-refractivity contribution in [1.29, 1.82) is 0 Å². The van der Waals surface area contributed by atoms with E-state index >= 15 is 0 Å². The molecule has 1 aliphatic carbocycles. The van der Waals surface area contributed by atoms with Crippen LogP contribution in [0.5, 0.6) is 0 Å². The summed E-state index contributed by atoms with van der Waals surface area (Å²) in [6, 6.07) is 10.6. The molecular formula is C18H25N5O. The molecule has 1 aromatic carbocycles. The van der Waals surface area contributed by atoms with Crippen molar-refractivity contribution in [2.45, 2.75) is 44.3 Å². The Morgan fingerprint density at radius 2 is 1.83 bits per heavy atom. The Morgan fingerprint density at radius 1 is 1.17 bits per heavy atom. The lowest BCUT2D eigenvalue weighted by Gasteiger charge is -2.33. The van der Waals surface area contributed by atoms with Gasteiger partial charge in [0.1, 0.15) is 5.82 Å². The fraction of sp³-hybridized carbons (Fsp3) is 0.444. The summed E-state index contributed by atoms with van der Waals surface area (Å²) in [6.07, 6.45) is 6.21. The first-order valence-electron chi connectivity index (χ1n) is 8.43. The minimum absolute atomic E-state index is 0.238. The zero-order valence-corrected chi connectivity index (χ0v) is 14.1. The molecule has 4 N–H and O–H groups in total. The monoisotopic (exact) mass is 327 g/mol. The number of hydrogen-bond acceptors (Lipinski definition) is 5. The summed E-state index contributed by atoms with van der Waals surface area (Å²) in [4.78, 5) is 18.0. The molecule has 1 aliphatic rings. The predicted octanol–water partition coefficient (Wildman–Crippen LogP) is 1.52. The maximum atomic E-state index is 11.9. The molecule has 1 aromatic heterocycles. The highest BCUT2D eigenvalue weighted by Gasteiger charge is 2.21. The van der Waals surface area contributed by atoms with Crippen LogP contribution in [-0.4, -0.2) is 33.6 Å². The molecule has 1 heterocycles. The lowest BCUT2D eigenvalue weighted by atomic mass is 9.91. The second-order valence-corrected chi connectivity index (χ2v) is 6.66. The number of rotatable bonds is 4. The van der Waals surface area contributed by atoms with Gasteiger partial charge in [-0.1, -0.05) is 12.1 Å². The van der Waals surface area contributed by atoms with Gasteiger partial charge in [0, 0.05) is 24.8 Å². The van der Waals surface area contributed by atoms with E-state index in [9.17, 15) is 4.79 Å². The molecule has 1 saturated carbocycles. The van der Waals surface area contributed by atoms with Gasteiger partial charge in [0.25, 0.3) is 0 Å². The molecule has 0 aliphatic heterocycles. The molecule has 0 bridgehead atoms. The summed E-state index contributed by atoms with van der Waals surface area (Å²) < 4.78 is 1.49. The number of aromatic nitrogens is 2. The van der Waals surface area contributed by atoms with E-state index in [1.54, 1.807) is 12.3 Å². The van der Waals surface area contributed by atoms with Gasteiger partial charge in [-0.3, -0.25) is 9.47 Å². The maximum absolute atomic E-state index is 11.9. The van der Waals surface area contributed by atoms with Gasteiger partial charge >= 0.3 is 5.69 Å². The van der Waals surface area contributed by atoms with Crippen LogP contribution in [0, 0.1) is 0 Å². The van der Waals surface area contributed by atoms with E-state index < -0.39 is 0 Å². The molecule has 0 atom stereocenters. The van der Waals surface area contributed by atoms with Crippen molar-refractivity contribution in [2.75, 3.05) is 12.8 Å². The van der Waals surface area contributed by atoms with E-state index in [1.807, 2.05) is 12.1 Å². The number of benzene rings is 1. The molecule has 6 nitrogen and oxygen atoms in total. The van der Waals surface area contributed by atoms with E-state index in [1.165, 1.54) is 23.0 Å². The van der Waals surface area contributed by atoms with Gasteiger partial charge in [0.05, 0.1) is 5.69 Å². The summed E-state index contributed by atoms with van der Waals surface area (Å²) in [5.41, 5.74) is 13.2. The molecule has 0 radical (unpaired) electrons. The lowest BCUT2D eigenvalue weighted by molar-refractivity contribution is 0.176. The standard InChI is InChI=1S/C18H25N5O/c1-22(15-8-4-14(19)5-9-15)12-13-2-6-16(7-3-13)23-11-10-17(20)21-18(23)24/h2-3,6-7,10-11,14-15H,4-5,8-9,12,19H2,1H3,(H2,20,21,24)/t14-,15-. The molecule has 24 heavy (non-hydrogen) atoms. The Balaban J connectivity index is 1.67. The molecule has 1 fully saturated rings. The minimum atomic E-state index is -0.363. The molecule has 2 aromatic rings. The van der Waals surface area contributed by atoms with Crippen LogP contribution >= 0.6 is 0 Å². The third-order valence-electron chi connectivity index (χ3n) is 4.84. The second kappa shape index (κ2) is 7.15. The quantitative estimate of drug-likeness (QED) is 0.888. The Labute approximate surface area is 142 Å². The molecule has 0 amide bonds. The summed E-state index contributed by atoms with van der Waals surface area (Å²) in [5, 5.41) is 0. The third-order valence-corrected chi connectivity index (χ3v) is 4.84. The summed E-state index contributed by atoms with van der Waals surface area (Å²) in [7, 11) is 2.17. The highest BCUT2D eigenvalue weighted by Crippen LogP contribution is 2.22. The molecule has 6 heteroatoms. The molecule has 3 rings (SSSR count). The lowest BCUT2D eigenvalue weighted by Crippen LogP contribution is -2.38. The smallest absolute Gasteiger partial charge is 0.354 e. The summed E-state index contributed by atoms with van der Waals surface area (Å²) >= 11 is 0. The van der Waals surface area contributed by atoms with Crippen LogP contribution in [-0.2, 0) is 6.54 Å². The zero-order valence-electron chi connectivity index (χ0n) is 14.1. The number of anilines is 1. The van der Waals surface area contributed by atoms with Crippen molar-refractivity contribution in [3.05, 3.63) is 52.6 Å². The fourth-order valence-electron chi connectivity index (χ4n) is 3.33. The molecule has 0 spiro atoms. The maximum Gasteiger partial charge on any atom is 0.354 e. The van der Waals surface area contributed by atoms with Crippen LogP contribution < -0.4 is 17.2 Å². The fourth-order valence-corrected chi connectivity index (χ4v) is 3.33. The van der Waals surface area contributed by atoms with Crippen LogP contribution in [0.1, 0.15) is 31.2 Å². The van der Waals surface area contributed by atoms with Crippen LogP contribution in [0.4, 0.5) is 5.82 Å². The normalized spacial score (nSPS) is 21.1. The Bertz CT molecular complexity index is 732. The number of nitrogens with two attached hydrogens (primary N) is 2. The first-order chi connectivity index (χ1) is 11.5. The first-order valence-corrected chi connectivity index (χ1v) is 8.43. The highest BCUT2D eigenvalue weighted by molar-refractivity contribution is 5.36.